The van der Waals surface area contributed by atoms with Gasteiger partial charge in [0.1, 0.15) is 11.8 Å². The zero-order chi connectivity index (χ0) is 29.9. The minimum atomic E-state index is -0.806. The van der Waals surface area contributed by atoms with Crippen LogP contribution in [0, 0.1) is 17.8 Å². The number of ether oxygens (including phenoxy) is 1. The van der Waals surface area contributed by atoms with Crippen LogP contribution in [-0.4, -0.2) is 88.1 Å². The Morgan fingerprint density at radius 3 is 2.44 bits per heavy atom. The van der Waals surface area contributed by atoms with Crippen molar-refractivity contribution in [2.45, 2.75) is 68.5 Å². The number of carbonyl (C=O) groups excluding carboxylic acids is 3. The lowest BCUT2D eigenvalue weighted by atomic mass is 9.70. The molecule has 0 saturated carbocycles. The molecule has 7 atom stereocenters. The molecule has 3 aliphatic rings. The quantitative estimate of drug-likeness (QED) is 0.331. The molecule has 2 bridgehead atoms. The number of methoxy groups -OCH3 is 1. The van der Waals surface area contributed by atoms with Crippen molar-refractivity contribution in [1.29, 1.82) is 0 Å². The van der Waals surface area contributed by atoms with Gasteiger partial charge in [0.25, 0.3) is 5.91 Å². The van der Waals surface area contributed by atoms with Crippen LogP contribution in [0.15, 0.2) is 49.6 Å². The molecule has 4 rings (SSSR count). The first-order valence-corrected chi connectivity index (χ1v) is 15.7. The molecule has 224 valence electrons. The largest absolute Gasteiger partial charge is 0.497 e. The highest BCUT2D eigenvalue weighted by Gasteiger charge is 2.74. The van der Waals surface area contributed by atoms with E-state index in [0.29, 0.717) is 30.9 Å². The number of carbonyl (C=O) groups is 3. The number of hydrogen-bond donors (Lipinski definition) is 1. The normalized spacial score (nSPS) is 27.7. The molecule has 9 heteroatoms. The van der Waals surface area contributed by atoms with Crippen LogP contribution in [0.2, 0.25) is 0 Å². The first-order valence-electron chi connectivity index (χ1n) is 14.8. The summed E-state index contributed by atoms with van der Waals surface area (Å²) in [6.45, 7) is 14.8. The molecular formula is C32H45N3O5S. The predicted molar refractivity (Wildman–Crippen MR) is 164 cm³/mol. The van der Waals surface area contributed by atoms with Crippen LogP contribution in [-0.2, 0) is 14.4 Å². The molecule has 1 N–H and O–H groups in total. The van der Waals surface area contributed by atoms with Crippen LogP contribution in [0.4, 0.5) is 5.69 Å². The number of likely N-dealkylation sites (tertiary alicyclic amines) is 1. The molecule has 41 heavy (non-hydrogen) atoms. The average Bonchev–Trinajstić information content (AvgIpc) is 3.63. The summed E-state index contributed by atoms with van der Waals surface area (Å²) in [6, 6.07) is 5.94. The predicted octanol–water partition coefficient (Wildman–Crippen LogP) is 4.14. The third-order valence-corrected chi connectivity index (χ3v) is 11.2. The summed E-state index contributed by atoms with van der Waals surface area (Å²) in [5, 5.41) is 10.6. The second-order valence-corrected chi connectivity index (χ2v) is 13.0. The zero-order valence-electron chi connectivity index (χ0n) is 24.8. The van der Waals surface area contributed by atoms with Gasteiger partial charge in [-0.1, -0.05) is 39.3 Å². The number of fused-ring (bicyclic) bond motifs is 1. The fraction of sp³-hybridized carbons (Fsp3) is 0.594. The van der Waals surface area contributed by atoms with E-state index >= 15 is 0 Å². The van der Waals surface area contributed by atoms with Crippen molar-refractivity contribution < 1.29 is 24.2 Å². The van der Waals surface area contributed by atoms with E-state index in [2.05, 4.69) is 13.2 Å². The minimum Gasteiger partial charge on any atom is -0.497 e. The maximum Gasteiger partial charge on any atom is 0.251 e. The molecule has 3 amide bonds. The SMILES string of the molecule is C=CCN(CCC)C(=O)[C@@H]1[C@H]2C(=O)N([C@@H](CO)[C@@H](C)CC)C(C(=O)N(CC=C)c3ccc(OC)cc3)C23CC[C@H]1S3. The van der Waals surface area contributed by atoms with E-state index in [4.69, 9.17) is 4.74 Å². The number of benzene rings is 1. The molecule has 3 heterocycles. The maximum absolute atomic E-state index is 14.8. The van der Waals surface area contributed by atoms with E-state index in [0.717, 1.165) is 19.3 Å². The number of rotatable bonds is 14. The van der Waals surface area contributed by atoms with E-state index in [1.165, 1.54) is 0 Å². The second-order valence-electron chi connectivity index (χ2n) is 11.4. The molecule has 3 saturated heterocycles. The fourth-order valence-electron chi connectivity index (χ4n) is 7.11. The Kier molecular flexibility index (Phi) is 9.90. The lowest BCUT2D eigenvalue weighted by molar-refractivity contribution is -0.146. The number of amides is 3. The van der Waals surface area contributed by atoms with Gasteiger partial charge in [-0.2, -0.15) is 0 Å². The number of aliphatic hydroxyl groups excluding tert-OH is 1. The zero-order valence-corrected chi connectivity index (χ0v) is 25.6. The molecule has 0 aromatic heterocycles. The summed E-state index contributed by atoms with van der Waals surface area (Å²) in [5.41, 5.74) is 0.678. The maximum atomic E-state index is 14.8. The molecule has 1 spiro atoms. The molecule has 1 aromatic carbocycles. The summed E-state index contributed by atoms with van der Waals surface area (Å²) in [4.78, 5) is 48.5. The molecule has 1 aromatic rings. The van der Waals surface area contributed by atoms with Crippen molar-refractivity contribution in [1.82, 2.24) is 9.80 Å². The van der Waals surface area contributed by atoms with Gasteiger partial charge in [0.2, 0.25) is 11.8 Å². The Hall–Kier alpha value is -2.78. The lowest BCUT2D eigenvalue weighted by Crippen LogP contribution is -2.58. The standard InChI is InChI=1S/C32H45N3O5S/c1-7-17-33(18-8-2)29(37)26-25-15-16-32(41-25)27(26)30(38)35(24(20-36)21(5)10-4)28(32)31(39)34(19-9-3)22-11-13-23(40-6)14-12-22/h7,9,11-14,21,24-28,36H,1,3,8,10,15-20H2,2,4-6H3/t21-,24-,25+,26-,27-,28?,32?/m0/s1. The van der Waals surface area contributed by atoms with E-state index in [9.17, 15) is 19.5 Å². The molecule has 0 radical (unpaired) electrons. The van der Waals surface area contributed by atoms with E-state index in [1.54, 1.807) is 57.9 Å². The van der Waals surface area contributed by atoms with Gasteiger partial charge in [-0.05, 0) is 49.4 Å². The van der Waals surface area contributed by atoms with Crippen LogP contribution >= 0.6 is 11.8 Å². The Morgan fingerprint density at radius 1 is 1.20 bits per heavy atom. The highest BCUT2D eigenvalue weighted by atomic mass is 32.2. The highest BCUT2D eigenvalue weighted by molar-refractivity contribution is 8.02. The Labute approximate surface area is 248 Å². The number of thioether (sulfide) groups is 1. The van der Waals surface area contributed by atoms with Crippen molar-refractivity contribution in [2.24, 2.45) is 17.8 Å². The van der Waals surface area contributed by atoms with Crippen LogP contribution in [0.3, 0.4) is 0 Å². The third kappa shape index (κ3) is 5.31. The first kappa shape index (κ1) is 31.2. The molecule has 3 fully saturated rings. The smallest absolute Gasteiger partial charge is 0.251 e. The van der Waals surface area contributed by atoms with E-state index < -0.39 is 28.7 Å². The van der Waals surface area contributed by atoms with Gasteiger partial charge in [0.05, 0.1) is 36.3 Å². The molecule has 2 unspecified atom stereocenters. The topological polar surface area (TPSA) is 90.4 Å². The minimum absolute atomic E-state index is 0.0249. The van der Waals surface area contributed by atoms with Crippen LogP contribution in [0.1, 0.15) is 46.5 Å². The number of anilines is 1. The van der Waals surface area contributed by atoms with Gasteiger partial charge in [0, 0.05) is 30.6 Å². The van der Waals surface area contributed by atoms with Gasteiger partial charge >= 0.3 is 0 Å². The lowest BCUT2D eigenvalue weighted by Gasteiger charge is -2.41. The van der Waals surface area contributed by atoms with Gasteiger partial charge in [0.15, 0.2) is 0 Å². The number of aliphatic hydroxyl groups is 1. The second kappa shape index (κ2) is 13.0. The molecular weight excluding hydrogens is 538 g/mol. The Bertz CT molecular complexity index is 1140. The van der Waals surface area contributed by atoms with Gasteiger partial charge in [-0.15, -0.1) is 24.9 Å². The van der Waals surface area contributed by atoms with Crippen LogP contribution < -0.4 is 9.64 Å². The number of nitrogens with zero attached hydrogens (tertiary/aromatic N) is 3. The first-order chi connectivity index (χ1) is 19.7. The summed E-state index contributed by atoms with van der Waals surface area (Å²) in [7, 11) is 1.59. The third-order valence-electron chi connectivity index (χ3n) is 9.22. The molecule has 0 aliphatic carbocycles. The van der Waals surface area contributed by atoms with E-state index in [1.807, 2.05) is 32.9 Å². The van der Waals surface area contributed by atoms with Crippen LogP contribution in [0.25, 0.3) is 0 Å². The van der Waals surface area contributed by atoms with Crippen LogP contribution in [0.5, 0.6) is 5.75 Å². The van der Waals surface area contributed by atoms with Gasteiger partial charge in [-0.25, -0.2) is 0 Å². The van der Waals surface area contributed by atoms with Crippen molar-refractivity contribution in [3.63, 3.8) is 0 Å². The van der Waals surface area contributed by atoms with Gasteiger partial charge in [-0.3, -0.25) is 14.4 Å². The highest BCUT2D eigenvalue weighted by Crippen LogP contribution is 2.67. The van der Waals surface area contributed by atoms with E-state index in [-0.39, 0.29) is 42.0 Å². The summed E-state index contributed by atoms with van der Waals surface area (Å²) in [5.74, 6) is -0.883. The van der Waals surface area contributed by atoms with Crippen molar-refractivity contribution in [3.8, 4) is 5.75 Å². The summed E-state index contributed by atoms with van der Waals surface area (Å²) in [6.07, 6.45) is 6.40. The monoisotopic (exact) mass is 583 g/mol. The van der Waals surface area contributed by atoms with Crippen molar-refractivity contribution >= 4 is 35.2 Å². The van der Waals surface area contributed by atoms with Crippen molar-refractivity contribution in [2.75, 3.05) is 38.3 Å². The Balaban J connectivity index is 1.82. The fourth-order valence-corrected chi connectivity index (χ4v) is 9.31. The molecule has 8 nitrogen and oxygen atoms in total. The average molecular weight is 584 g/mol. The van der Waals surface area contributed by atoms with Crippen molar-refractivity contribution in [3.05, 3.63) is 49.6 Å². The molecule has 3 aliphatic heterocycles. The summed E-state index contributed by atoms with van der Waals surface area (Å²) >= 11 is 1.66. The summed E-state index contributed by atoms with van der Waals surface area (Å²) < 4.78 is 4.58. The van der Waals surface area contributed by atoms with Gasteiger partial charge < -0.3 is 24.5 Å². The number of hydrogen-bond acceptors (Lipinski definition) is 6. The Morgan fingerprint density at radius 2 is 1.88 bits per heavy atom.